The van der Waals surface area contributed by atoms with E-state index in [0.717, 1.165) is 17.5 Å². The van der Waals surface area contributed by atoms with Gasteiger partial charge < -0.3 is 10.1 Å². The molecule has 0 bridgehead atoms. The third-order valence-electron chi connectivity index (χ3n) is 2.79. The summed E-state index contributed by atoms with van der Waals surface area (Å²) in [4.78, 5) is 28.1. The summed E-state index contributed by atoms with van der Waals surface area (Å²) in [6.07, 6.45) is 2.64. The highest BCUT2D eigenvalue weighted by Gasteiger charge is 2.14. The molecule has 22 heavy (non-hydrogen) atoms. The Bertz CT molecular complexity index is 887. The van der Waals surface area contributed by atoms with E-state index < -0.39 is 5.56 Å². The fourth-order valence-corrected chi connectivity index (χ4v) is 2.69. The van der Waals surface area contributed by atoms with E-state index in [0.29, 0.717) is 27.9 Å². The predicted molar refractivity (Wildman–Crippen MR) is 82.7 cm³/mol. The van der Waals surface area contributed by atoms with Gasteiger partial charge in [-0.3, -0.25) is 9.59 Å². The molecule has 0 atom stereocenters. The lowest BCUT2D eigenvalue weighted by Crippen LogP contribution is -2.11. The van der Waals surface area contributed by atoms with E-state index in [-0.39, 0.29) is 5.91 Å². The van der Waals surface area contributed by atoms with Gasteiger partial charge in [-0.15, -0.1) is 0 Å². The van der Waals surface area contributed by atoms with Crippen molar-refractivity contribution in [3.8, 4) is 5.75 Å². The minimum absolute atomic E-state index is 0.308. The number of thiazole rings is 1. The van der Waals surface area contributed by atoms with Gasteiger partial charge in [-0.25, -0.2) is 4.52 Å². The van der Waals surface area contributed by atoms with Gasteiger partial charge in [-0.2, -0.15) is 10.1 Å². The van der Waals surface area contributed by atoms with Crippen LogP contribution in [0.4, 0.5) is 5.69 Å². The van der Waals surface area contributed by atoms with E-state index in [1.54, 1.807) is 12.1 Å². The standard InChI is InChI=1S/C14H12N4O3S/c1-2-21-10-6-4-3-5-9(10)16-13(20)11-8-18-14(22-11)17-12(19)7-15-18/h3-8H,2H2,1H3,(H,16,20). The molecule has 1 amide bonds. The van der Waals surface area contributed by atoms with Crippen LogP contribution < -0.4 is 15.6 Å². The highest BCUT2D eigenvalue weighted by Crippen LogP contribution is 2.25. The topological polar surface area (TPSA) is 85.6 Å². The van der Waals surface area contributed by atoms with Crippen molar-refractivity contribution < 1.29 is 9.53 Å². The zero-order valence-corrected chi connectivity index (χ0v) is 12.5. The molecule has 1 N–H and O–H groups in total. The number of benzene rings is 1. The van der Waals surface area contributed by atoms with Crippen molar-refractivity contribution in [2.45, 2.75) is 6.92 Å². The van der Waals surface area contributed by atoms with E-state index in [2.05, 4.69) is 15.4 Å². The largest absolute Gasteiger partial charge is 0.492 e. The average Bonchev–Trinajstić information content (AvgIpc) is 2.92. The zero-order valence-electron chi connectivity index (χ0n) is 11.6. The molecule has 0 spiro atoms. The van der Waals surface area contributed by atoms with Crippen LogP contribution in [0.1, 0.15) is 16.6 Å². The van der Waals surface area contributed by atoms with Crippen LogP contribution in [0.5, 0.6) is 5.75 Å². The Labute approximate surface area is 129 Å². The molecular weight excluding hydrogens is 304 g/mol. The maximum atomic E-state index is 12.3. The second-order valence-corrected chi connectivity index (χ2v) is 5.31. The van der Waals surface area contributed by atoms with E-state index in [9.17, 15) is 9.59 Å². The Hall–Kier alpha value is -2.74. The number of carbonyl (C=O) groups excluding carboxylic acids is 1. The van der Waals surface area contributed by atoms with Gasteiger partial charge in [-0.1, -0.05) is 23.5 Å². The summed E-state index contributed by atoms with van der Waals surface area (Å²) >= 11 is 1.09. The van der Waals surface area contributed by atoms with Crippen LogP contribution in [0.2, 0.25) is 0 Å². The smallest absolute Gasteiger partial charge is 0.292 e. The number of anilines is 1. The third kappa shape index (κ3) is 2.82. The van der Waals surface area contributed by atoms with Crippen LogP contribution in [0.25, 0.3) is 4.96 Å². The molecule has 7 nitrogen and oxygen atoms in total. The Kier molecular flexibility index (Phi) is 3.84. The highest BCUT2D eigenvalue weighted by atomic mass is 32.1. The summed E-state index contributed by atoms with van der Waals surface area (Å²) in [5.74, 6) is 0.294. The van der Waals surface area contributed by atoms with Crippen molar-refractivity contribution in [1.82, 2.24) is 14.6 Å². The number of nitrogens with one attached hydrogen (secondary N) is 1. The van der Waals surface area contributed by atoms with Crippen molar-refractivity contribution in [2.75, 3.05) is 11.9 Å². The maximum Gasteiger partial charge on any atom is 0.292 e. The van der Waals surface area contributed by atoms with Gasteiger partial charge in [-0.05, 0) is 19.1 Å². The molecule has 0 aliphatic heterocycles. The molecule has 0 aliphatic carbocycles. The van der Waals surface area contributed by atoms with Crippen LogP contribution in [0, 0.1) is 0 Å². The van der Waals surface area contributed by atoms with Crippen molar-refractivity contribution >= 4 is 27.9 Å². The first-order chi connectivity index (χ1) is 10.7. The SMILES string of the molecule is CCOc1ccccc1NC(=O)c1cn2ncc(=O)nc2s1. The van der Waals surface area contributed by atoms with Gasteiger partial charge in [0.25, 0.3) is 11.5 Å². The van der Waals surface area contributed by atoms with Gasteiger partial charge in [0.2, 0.25) is 4.96 Å². The molecule has 0 fully saturated rings. The molecule has 0 saturated heterocycles. The van der Waals surface area contributed by atoms with Crippen LogP contribution in [-0.2, 0) is 0 Å². The average molecular weight is 316 g/mol. The number of ether oxygens (including phenoxy) is 1. The Morgan fingerprint density at radius 3 is 3.05 bits per heavy atom. The predicted octanol–water partition coefficient (Wildman–Crippen LogP) is 1.80. The van der Waals surface area contributed by atoms with Gasteiger partial charge >= 0.3 is 0 Å². The molecule has 0 saturated carbocycles. The van der Waals surface area contributed by atoms with Gasteiger partial charge in [0.05, 0.1) is 18.5 Å². The van der Waals surface area contributed by atoms with E-state index >= 15 is 0 Å². The van der Waals surface area contributed by atoms with Gasteiger partial charge in [0.1, 0.15) is 16.8 Å². The minimum Gasteiger partial charge on any atom is -0.492 e. The van der Waals surface area contributed by atoms with Crippen molar-refractivity contribution in [2.24, 2.45) is 0 Å². The first-order valence-electron chi connectivity index (χ1n) is 6.56. The first kappa shape index (κ1) is 14.2. The number of hydrogen-bond donors (Lipinski definition) is 1. The normalized spacial score (nSPS) is 10.6. The lowest BCUT2D eigenvalue weighted by Gasteiger charge is -2.10. The van der Waals surface area contributed by atoms with E-state index in [4.69, 9.17) is 4.74 Å². The van der Waals surface area contributed by atoms with E-state index in [1.165, 1.54) is 10.7 Å². The van der Waals surface area contributed by atoms with Crippen LogP contribution in [0.3, 0.4) is 0 Å². The molecule has 0 aliphatic rings. The molecule has 2 aromatic heterocycles. The first-order valence-corrected chi connectivity index (χ1v) is 7.37. The number of nitrogens with zero attached hydrogens (tertiary/aromatic N) is 3. The zero-order chi connectivity index (χ0) is 15.5. The molecule has 0 unspecified atom stereocenters. The fraction of sp³-hybridized carbons (Fsp3) is 0.143. The second-order valence-electron chi connectivity index (χ2n) is 4.30. The number of carbonyl (C=O) groups is 1. The number of amides is 1. The maximum absolute atomic E-state index is 12.3. The Morgan fingerprint density at radius 1 is 1.41 bits per heavy atom. The molecule has 1 aromatic carbocycles. The number of fused-ring (bicyclic) bond motifs is 1. The summed E-state index contributed by atoms with van der Waals surface area (Å²) in [7, 11) is 0. The lowest BCUT2D eigenvalue weighted by atomic mass is 10.3. The third-order valence-corrected chi connectivity index (χ3v) is 3.77. The number of hydrogen-bond acceptors (Lipinski definition) is 6. The fourth-order valence-electron chi connectivity index (χ4n) is 1.87. The molecule has 2 heterocycles. The molecular formula is C14H12N4O3S. The van der Waals surface area contributed by atoms with Gasteiger partial charge in [0, 0.05) is 0 Å². The van der Waals surface area contributed by atoms with Crippen molar-refractivity contribution in [3.63, 3.8) is 0 Å². The summed E-state index contributed by atoms with van der Waals surface area (Å²) < 4.78 is 6.86. The summed E-state index contributed by atoms with van der Waals surface area (Å²) in [6.45, 7) is 2.38. The van der Waals surface area contributed by atoms with Crippen LogP contribution in [0.15, 0.2) is 41.5 Å². The summed E-state index contributed by atoms with van der Waals surface area (Å²) in [5.41, 5.74) is 0.151. The minimum atomic E-state index is -0.435. The summed E-state index contributed by atoms with van der Waals surface area (Å²) in [6, 6.07) is 7.19. The van der Waals surface area contributed by atoms with Crippen molar-refractivity contribution in [1.29, 1.82) is 0 Å². The number of rotatable bonds is 4. The molecule has 112 valence electrons. The number of aromatic nitrogens is 3. The summed E-state index contributed by atoms with van der Waals surface area (Å²) in [5, 5.41) is 6.67. The second kappa shape index (κ2) is 5.94. The molecule has 8 heteroatoms. The van der Waals surface area contributed by atoms with Crippen LogP contribution >= 0.6 is 11.3 Å². The quantitative estimate of drug-likeness (QED) is 0.793. The monoisotopic (exact) mass is 316 g/mol. The molecule has 0 radical (unpaired) electrons. The van der Waals surface area contributed by atoms with Crippen molar-refractivity contribution in [3.05, 3.63) is 51.9 Å². The molecule has 3 aromatic rings. The Morgan fingerprint density at radius 2 is 2.23 bits per heavy atom. The molecule has 3 rings (SSSR count). The Balaban J connectivity index is 1.88. The number of para-hydroxylation sites is 2. The van der Waals surface area contributed by atoms with Gasteiger partial charge in [0.15, 0.2) is 0 Å². The highest BCUT2D eigenvalue weighted by molar-refractivity contribution is 7.18. The van der Waals surface area contributed by atoms with E-state index in [1.807, 2.05) is 19.1 Å². The lowest BCUT2D eigenvalue weighted by molar-refractivity contribution is 0.102. The van der Waals surface area contributed by atoms with Crippen LogP contribution in [-0.4, -0.2) is 27.1 Å².